The quantitative estimate of drug-likeness (QED) is 0.185. The van der Waals surface area contributed by atoms with Crippen LogP contribution in [0.15, 0.2) is 192 Å². The molecule has 0 spiro atoms. The summed E-state index contributed by atoms with van der Waals surface area (Å²) in [5.74, 6) is 0. The lowest BCUT2D eigenvalue weighted by Gasteiger charge is -2.28. The standard InChI is InChI=1S/C46H31NO/c1-2-12-34(13-3-1)41-17-6-8-19-44(41)47(39-26-23-33(24-27-39)37-22-21-32-11-4-5-14-35(32)29-37)40-16-10-15-36(30-40)38-25-28-46-43(31-38)42-18-7-9-20-45(42)48-46/h1-31H. The lowest BCUT2D eigenvalue weighted by atomic mass is 9.99. The van der Waals surface area contributed by atoms with Crippen LogP contribution >= 0.6 is 0 Å². The summed E-state index contributed by atoms with van der Waals surface area (Å²) >= 11 is 0. The fraction of sp³-hybridized carbons (Fsp3) is 0. The zero-order valence-electron chi connectivity index (χ0n) is 26.3. The molecule has 1 heterocycles. The third kappa shape index (κ3) is 5.01. The van der Waals surface area contributed by atoms with Crippen molar-refractivity contribution in [3.8, 4) is 33.4 Å². The van der Waals surface area contributed by atoms with Crippen LogP contribution in [0.2, 0.25) is 0 Å². The molecule has 0 aliphatic rings. The molecule has 0 saturated heterocycles. The molecule has 9 aromatic rings. The van der Waals surface area contributed by atoms with Gasteiger partial charge in [0, 0.05) is 27.7 Å². The molecule has 0 bridgehead atoms. The molecule has 0 fully saturated rings. The van der Waals surface area contributed by atoms with Gasteiger partial charge >= 0.3 is 0 Å². The molecular formula is C46H31NO. The molecule has 0 unspecified atom stereocenters. The molecule has 0 radical (unpaired) electrons. The molecule has 9 rings (SSSR count). The highest BCUT2D eigenvalue weighted by atomic mass is 16.3. The van der Waals surface area contributed by atoms with Gasteiger partial charge in [-0.1, -0.05) is 133 Å². The van der Waals surface area contributed by atoms with Crippen molar-refractivity contribution >= 4 is 49.8 Å². The maximum absolute atomic E-state index is 6.13. The number of para-hydroxylation sites is 2. The lowest BCUT2D eigenvalue weighted by molar-refractivity contribution is 0.669. The van der Waals surface area contributed by atoms with E-state index in [1.807, 2.05) is 12.1 Å². The third-order valence-electron chi connectivity index (χ3n) is 9.25. The first-order valence-electron chi connectivity index (χ1n) is 16.3. The Kier molecular flexibility index (Phi) is 6.84. The Labute approximate surface area is 279 Å². The number of hydrogen-bond donors (Lipinski definition) is 0. The van der Waals surface area contributed by atoms with E-state index in [0.29, 0.717) is 0 Å². The number of anilines is 3. The van der Waals surface area contributed by atoms with Crippen molar-refractivity contribution in [1.82, 2.24) is 0 Å². The average molecular weight is 614 g/mol. The summed E-state index contributed by atoms with van der Waals surface area (Å²) in [4.78, 5) is 2.38. The topological polar surface area (TPSA) is 16.4 Å². The normalized spacial score (nSPS) is 11.3. The highest BCUT2D eigenvalue weighted by Gasteiger charge is 2.18. The number of benzene rings is 8. The van der Waals surface area contributed by atoms with Gasteiger partial charge in [-0.15, -0.1) is 0 Å². The summed E-state index contributed by atoms with van der Waals surface area (Å²) in [7, 11) is 0. The van der Waals surface area contributed by atoms with E-state index in [2.05, 4.69) is 181 Å². The molecule has 0 N–H and O–H groups in total. The fourth-order valence-corrected chi connectivity index (χ4v) is 6.86. The molecule has 48 heavy (non-hydrogen) atoms. The first-order chi connectivity index (χ1) is 23.8. The van der Waals surface area contributed by atoms with Crippen molar-refractivity contribution in [2.24, 2.45) is 0 Å². The zero-order valence-corrected chi connectivity index (χ0v) is 26.3. The van der Waals surface area contributed by atoms with Crippen molar-refractivity contribution in [1.29, 1.82) is 0 Å². The number of hydrogen-bond acceptors (Lipinski definition) is 2. The Morgan fingerprint density at radius 2 is 0.979 bits per heavy atom. The number of furan rings is 1. The third-order valence-corrected chi connectivity index (χ3v) is 9.25. The van der Waals surface area contributed by atoms with E-state index >= 15 is 0 Å². The van der Waals surface area contributed by atoms with Crippen molar-refractivity contribution < 1.29 is 4.42 Å². The summed E-state index contributed by atoms with van der Waals surface area (Å²) in [5, 5.41) is 4.76. The molecular weight excluding hydrogens is 583 g/mol. The minimum Gasteiger partial charge on any atom is -0.456 e. The van der Waals surface area contributed by atoms with E-state index in [9.17, 15) is 0 Å². The summed E-state index contributed by atoms with van der Waals surface area (Å²) in [6, 6.07) is 67.1. The van der Waals surface area contributed by atoms with Crippen molar-refractivity contribution in [3.63, 3.8) is 0 Å². The lowest BCUT2D eigenvalue weighted by Crippen LogP contribution is -2.11. The summed E-state index contributed by atoms with van der Waals surface area (Å²) in [5.41, 5.74) is 12.2. The molecule has 2 heteroatoms. The first-order valence-corrected chi connectivity index (χ1v) is 16.3. The Morgan fingerprint density at radius 3 is 1.88 bits per heavy atom. The van der Waals surface area contributed by atoms with Gasteiger partial charge in [0.25, 0.3) is 0 Å². The first kappa shape index (κ1) is 27.9. The molecule has 0 aliphatic carbocycles. The van der Waals surface area contributed by atoms with E-state index in [0.717, 1.165) is 50.1 Å². The monoisotopic (exact) mass is 613 g/mol. The van der Waals surface area contributed by atoms with Crippen LogP contribution < -0.4 is 4.90 Å². The van der Waals surface area contributed by atoms with Crippen LogP contribution in [0.3, 0.4) is 0 Å². The van der Waals surface area contributed by atoms with E-state index in [1.165, 1.54) is 33.0 Å². The van der Waals surface area contributed by atoms with Gasteiger partial charge in [0.05, 0.1) is 5.69 Å². The summed E-state index contributed by atoms with van der Waals surface area (Å²) in [6.07, 6.45) is 0. The molecule has 0 amide bonds. The predicted octanol–water partition coefficient (Wildman–Crippen LogP) is 13.2. The second-order valence-corrected chi connectivity index (χ2v) is 12.2. The van der Waals surface area contributed by atoms with E-state index in [-0.39, 0.29) is 0 Å². The molecule has 8 aromatic carbocycles. The molecule has 1 aromatic heterocycles. The molecule has 0 saturated carbocycles. The van der Waals surface area contributed by atoms with Crippen LogP contribution in [0, 0.1) is 0 Å². The number of fused-ring (bicyclic) bond motifs is 4. The molecule has 226 valence electrons. The average Bonchev–Trinajstić information content (AvgIpc) is 3.54. The maximum Gasteiger partial charge on any atom is 0.135 e. The van der Waals surface area contributed by atoms with Gasteiger partial charge in [-0.05, 0) is 93.2 Å². The van der Waals surface area contributed by atoms with Crippen molar-refractivity contribution in [2.75, 3.05) is 4.90 Å². The van der Waals surface area contributed by atoms with Gasteiger partial charge in [-0.25, -0.2) is 0 Å². The van der Waals surface area contributed by atoms with E-state index in [4.69, 9.17) is 4.42 Å². The Morgan fingerprint density at radius 1 is 0.333 bits per heavy atom. The van der Waals surface area contributed by atoms with Crippen LogP contribution in [0.4, 0.5) is 17.1 Å². The van der Waals surface area contributed by atoms with Crippen LogP contribution in [0.25, 0.3) is 66.1 Å². The van der Waals surface area contributed by atoms with Crippen LogP contribution in [-0.4, -0.2) is 0 Å². The van der Waals surface area contributed by atoms with Crippen LogP contribution in [0.1, 0.15) is 0 Å². The highest BCUT2D eigenvalue weighted by molar-refractivity contribution is 6.06. The Hall–Kier alpha value is -6.38. The van der Waals surface area contributed by atoms with Crippen molar-refractivity contribution in [3.05, 3.63) is 188 Å². The van der Waals surface area contributed by atoms with Gasteiger partial charge in [0.2, 0.25) is 0 Å². The molecule has 0 aliphatic heterocycles. The van der Waals surface area contributed by atoms with E-state index in [1.54, 1.807) is 0 Å². The van der Waals surface area contributed by atoms with Crippen molar-refractivity contribution in [2.45, 2.75) is 0 Å². The van der Waals surface area contributed by atoms with Crippen LogP contribution in [-0.2, 0) is 0 Å². The van der Waals surface area contributed by atoms with Gasteiger partial charge in [0.1, 0.15) is 11.2 Å². The second kappa shape index (κ2) is 11.8. The van der Waals surface area contributed by atoms with Gasteiger partial charge in [-0.2, -0.15) is 0 Å². The van der Waals surface area contributed by atoms with Gasteiger partial charge in [-0.3, -0.25) is 0 Å². The smallest absolute Gasteiger partial charge is 0.135 e. The maximum atomic E-state index is 6.13. The van der Waals surface area contributed by atoms with Gasteiger partial charge in [0.15, 0.2) is 0 Å². The van der Waals surface area contributed by atoms with E-state index < -0.39 is 0 Å². The van der Waals surface area contributed by atoms with Gasteiger partial charge < -0.3 is 9.32 Å². The van der Waals surface area contributed by atoms with Crippen LogP contribution in [0.5, 0.6) is 0 Å². The SMILES string of the molecule is c1ccc(-c2ccccc2N(c2ccc(-c3ccc4ccccc4c3)cc2)c2cccc(-c3ccc4oc5ccccc5c4c3)c2)cc1. The number of nitrogens with zero attached hydrogens (tertiary/aromatic N) is 1. The Balaban J connectivity index is 1.18. The summed E-state index contributed by atoms with van der Waals surface area (Å²) in [6.45, 7) is 0. The molecule has 2 nitrogen and oxygen atoms in total. The fourth-order valence-electron chi connectivity index (χ4n) is 6.86. The summed E-state index contributed by atoms with van der Waals surface area (Å²) < 4.78 is 6.13. The predicted molar refractivity (Wildman–Crippen MR) is 202 cm³/mol. The highest BCUT2D eigenvalue weighted by Crippen LogP contribution is 2.42. The minimum absolute atomic E-state index is 0.904. The minimum atomic E-state index is 0.904. The molecule has 0 atom stereocenters. The zero-order chi connectivity index (χ0) is 31.9. The Bertz CT molecular complexity index is 2560. The largest absolute Gasteiger partial charge is 0.456 e. The number of rotatable bonds is 6. The second-order valence-electron chi connectivity index (χ2n) is 12.2.